The lowest BCUT2D eigenvalue weighted by atomic mass is 10.0. The van der Waals surface area contributed by atoms with Crippen LogP contribution in [0.3, 0.4) is 0 Å². The van der Waals surface area contributed by atoms with Crippen LogP contribution in [0.15, 0.2) is 6.07 Å². The molecular formula is C9H8O6. The van der Waals surface area contributed by atoms with Gasteiger partial charge in [-0.2, -0.15) is 0 Å². The number of aldehydes is 1. The molecule has 6 heteroatoms. The van der Waals surface area contributed by atoms with Crippen molar-refractivity contribution in [1.29, 1.82) is 0 Å². The molecule has 80 valence electrons. The largest absolute Gasteiger partial charge is 0.507 e. The third-order valence-corrected chi connectivity index (χ3v) is 1.93. The van der Waals surface area contributed by atoms with Crippen LogP contribution in [0.1, 0.15) is 26.3 Å². The van der Waals surface area contributed by atoms with Crippen LogP contribution >= 0.6 is 0 Å². The van der Waals surface area contributed by atoms with Crippen molar-refractivity contribution in [2.75, 3.05) is 0 Å². The summed E-state index contributed by atoms with van der Waals surface area (Å²) in [6, 6.07) is 0.803. The Kier molecular flexibility index (Phi) is 2.91. The minimum absolute atomic E-state index is 0.150. The number of hydrogen-bond acceptors (Lipinski definition) is 5. The van der Waals surface area contributed by atoms with E-state index in [1.807, 2.05) is 0 Å². The highest BCUT2D eigenvalue weighted by Crippen LogP contribution is 2.32. The van der Waals surface area contributed by atoms with Crippen LogP contribution in [0.2, 0.25) is 0 Å². The molecule has 0 amide bonds. The summed E-state index contributed by atoms with van der Waals surface area (Å²) in [5, 5.41) is 36.1. The van der Waals surface area contributed by atoms with Gasteiger partial charge in [0.05, 0.1) is 23.3 Å². The predicted molar refractivity (Wildman–Crippen MR) is 48.0 cm³/mol. The zero-order valence-corrected chi connectivity index (χ0v) is 7.47. The van der Waals surface area contributed by atoms with Crippen molar-refractivity contribution in [2.24, 2.45) is 0 Å². The van der Waals surface area contributed by atoms with Crippen LogP contribution < -0.4 is 0 Å². The number of carbonyl (C=O) groups excluding carboxylic acids is 1. The maximum Gasteiger partial charge on any atom is 0.336 e. The van der Waals surface area contributed by atoms with Crippen LogP contribution in [-0.2, 0) is 6.61 Å². The van der Waals surface area contributed by atoms with Gasteiger partial charge in [0, 0.05) is 0 Å². The van der Waals surface area contributed by atoms with Gasteiger partial charge < -0.3 is 20.4 Å². The van der Waals surface area contributed by atoms with E-state index in [9.17, 15) is 19.8 Å². The monoisotopic (exact) mass is 212 g/mol. The molecule has 0 aliphatic carbocycles. The van der Waals surface area contributed by atoms with Crippen molar-refractivity contribution in [2.45, 2.75) is 6.61 Å². The van der Waals surface area contributed by atoms with Gasteiger partial charge in [-0.3, -0.25) is 4.79 Å². The molecule has 4 N–H and O–H groups in total. The number of aromatic carboxylic acids is 1. The van der Waals surface area contributed by atoms with Gasteiger partial charge in [0.25, 0.3) is 0 Å². The molecule has 0 spiro atoms. The summed E-state index contributed by atoms with van der Waals surface area (Å²) in [5.41, 5.74) is -1.26. The first-order chi connectivity index (χ1) is 7.02. The quantitative estimate of drug-likeness (QED) is 0.528. The number of aliphatic hydroxyl groups is 1. The molecular weight excluding hydrogens is 204 g/mol. The van der Waals surface area contributed by atoms with Crippen LogP contribution in [-0.4, -0.2) is 32.7 Å². The normalized spacial score (nSPS) is 9.93. The van der Waals surface area contributed by atoms with Crippen molar-refractivity contribution in [3.8, 4) is 11.5 Å². The summed E-state index contributed by atoms with van der Waals surface area (Å²) in [5.74, 6) is -2.74. The van der Waals surface area contributed by atoms with E-state index in [1.165, 1.54) is 0 Å². The highest BCUT2D eigenvalue weighted by Gasteiger charge is 2.20. The topological polar surface area (TPSA) is 115 Å². The Hall–Kier alpha value is -2.08. The van der Waals surface area contributed by atoms with Crippen molar-refractivity contribution >= 4 is 12.3 Å². The van der Waals surface area contributed by atoms with Gasteiger partial charge in [-0.25, -0.2) is 4.79 Å². The van der Waals surface area contributed by atoms with Gasteiger partial charge in [-0.15, -0.1) is 0 Å². The number of aromatic hydroxyl groups is 2. The van der Waals surface area contributed by atoms with E-state index in [4.69, 9.17) is 10.2 Å². The van der Waals surface area contributed by atoms with Crippen molar-refractivity contribution in [1.82, 2.24) is 0 Å². The van der Waals surface area contributed by atoms with E-state index in [-0.39, 0.29) is 11.8 Å². The SMILES string of the molecule is O=Cc1c(C(=O)O)cc(O)c(CO)c1O. The number of rotatable bonds is 3. The van der Waals surface area contributed by atoms with E-state index in [0.29, 0.717) is 0 Å². The molecule has 0 aromatic heterocycles. The number of phenols is 2. The summed E-state index contributed by atoms with van der Waals surface area (Å²) in [4.78, 5) is 21.2. The highest BCUT2D eigenvalue weighted by molar-refractivity contribution is 6.00. The molecule has 0 fully saturated rings. The van der Waals surface area contributed by atoms with Crippen LogP contribution in [0, 0.1) is 0 Å². The number of aliphatic hydroxyl groups excluding tert-OH is 1. The molecule has 0 bridgehead atoms. The second-order valence-corrected chi connectivity index (χ2v) is 2.77. The van der Waals surface area contributed by atoms with Crippen molar-refractivity contribution in [3.05, 3.63) is 22.8 Å². The van der Waals surface area contributed by atoms with Gasteiger partial charge in [0.1, 0.15) is 11.5 Å². The minimum Gasteiger partial charge on any atom is -0.507 e. The number of hydrogen-bond donors (Lipinski definition) is 4. The first-order valence-electron chi connectivity index (χ1n) is 3.90. The number of carbonyl (C=O) groups is 2. The smallest absolute Gasteiger partial charge is 0.336 e. The molecule has 0 aliphatic rings. The molecule has 0 radical (unpaired) electrons. The Labute approximate surface area is 84.0 Å². The molecule has 1 rings (SSSR count). The summed E-state index contributed by atoms with van der Waals surface area (Å²) in [6.07, 6.45) is 0.150. The molecule has 1 aromatic carbocycles. The van der Waals surface area contributed by atoms with Crippen LogP contribution in [0.25, 0.3) is 0 Å². The van der Waals surface area contributed by atoms with Gasteiger partial charge >= 0.3 is 5.97 Å². The van der Waals surface area contributed by atoms with E-state index >= 15 is 0 Å². The fourth-order valence-corrected chi connectivity index (χ4v) is 1.17. The second kappa shape index (κ2) is 3.97. The third-order valence-electron chi connectivity index (χ3n) is 1.93. The van der Waals surface area contributed by atoms with Crippen molar-refractivity contribution in [3.63, 3.8) is 0 Å². The average Bonchev–Trinajstić information content (AvgIpc) is 2.17. The Bertz CT molecular complexity index is 423. The number of benzene rings is 1. The van der Waals surface area contributed by atoms with Gasteiger partial charge in [-0.05, 0) is 6.07 Å². The number of carboxylic acids is 1. The maximum absolute atomic E-state index is 10.6. The van der Waals surface area contributed by atoms with Gasteiger partial charge in [0.2, 0.25) is 0 Å². The van der Waals surface area contributed by atoms with Gasteiger partial charge in [-0.1, -0.05) is 0 Å². The molecule has 15 heavy (non-hydrogen) atoms. The van der Waals surface area contributed by atoms with E-state index in [2.05, 4.69) is 0 Å². The molecule has 0 saturated heterocycles. The Morgan fingerprint density at radius 1 is 1.40 bits per heavy atom. The zero-order valence-electron chi connectivity index (χ0n) is 7.47. The van der Waals surface area contributed by atoms with Gasteiger partial charge in [0.15, 0.2) is 6.29 Å². The molecule has 1 aromatic rings. The highest BCUT2D eigenvalue weighted by atomic mass is 16.4. The summed E-state index contributed by atoms with van der Waals surface area (Å²) in [7, 11) is 0. The first-order valence-corrected chi connectivity index (χ1v) is 3.90. The summed E-state index contributed by atoms with van der Waals surface area (Å²) < 4.78 is 0. The van der Waals surface area contributed by atoms with Crippen LogP contribution in [0.5, 0.6) is 11.5 Å². The lowest BCUT2D eigenvalue weighted by Crippen LogP contribution is -2.04. The van der Waals surface area contributed by atoms with Crippen LogP contribution in [0.4, 0.5) is 0 Å². The standard InChI is InChI=1S/C9H8O6/c10-2-5-4(9(14)15)1-7(12)6(3-11)8(5)13/h1-2,11-13H,3H2,(H,14,15). The Balaban J connectivity index is 3.58. The zero-order chi connectivity index (χ0) is 11.6. The molecule has 0 unspecified atom stereocenters. The minimum atomic E-state index is -1.45. The average molecular weight is 212 g/mol. The molecule has 0 heterocycles. The molecule has 6 nitrogen and oxygen atoms in total. The van der Waals surface area contributed by atoms with Crippen molar-refractivity contribution < 1.29 is 30.0 Å². The van der Waals surface area contributed by atoms with E-state index in [1.54, 1.807) is 0 Å². The Morgan fingerprint density at radius 2 is 2.00 bits per heavy atom. The first kappa shape index (κ1) is 11.0. The van der Waals surface area contributed by atoms with E-state index < -0.39 is 35.2 Å². The maximum atomic E-state index is 10.6. The fraction of sp³-hybridized carbons (Fsp3) is 0.111. The predicted octanol–water partition coefficient (Wildman–Crippen LogP) is 0.101. The van der Waals surface area contributed by atoms with E-state index in [0.717, 1.165) is 6.07 Å². The molecule has 0 aliphatic heterocycles. The number of carboxylic acid groups (broad SMARTS) is 1. The summed E-state index contributed by atoms with van der Waals surface area (Å²) in [6.45, 7) is -0.696. The Morgan fingerprint density at radius 3 is 2.40 bits per heavy atom. The lowest BCUT2D eigenvalue weighted by Gasteiger charge is -2.08. The lowest BCUT2D eigenvalue weighted by molar-refractivity contribution is 0.0692. The second-order valence-electron chi connectivity index (χ2n) is 2.77. The molecule has 0 saturated carbocycles. The third kappa shape index (κ3) is 1.75. The summed E-state index contributed by atoms with van der Waals surface area (Å²) >= 11 is 0. The molecule has 0 atom stereocenters. The fourth-order valence-electron chi connectivity index (χ4n) is 1.17.